The van der Waals surface area contributed by atoms with Crippen molar-refractivity contribution in [2.24, 2.45) is 0 Å². The summed E-state index contributed by atoms with van der Waals surface area (Å²) in [5.41, 5.74) is 6.12. The second-order valence-corrected chi connectivity index (χ2v) is 5.08. The van der Waals surface area contributed by atoms with Crippen molar-refractivity contribution >= 4 is 33.2 Å². The van der Waals surface area contributed by atoms with Crippen LogP contribution >= 0.6 is 27.5 Å². The number of halogens is 3. The molecule has 0 aliphatic carbocycles. The largest absolute Gasteiger partial charge is 0.398 e. The summed E-state index contributed by atoms with van der Waals surface area (Å²) in [5.74, 6) is -0.412. The third-order valence-electron chi connectivity index (χ3n) is 2.41. The van der Waals surface area contributed by atoms with Crippen LogP contribution in [-0.2, 0) is 6.54 Å². The summed E-state index contributed by atoms with van der Waals surface area (Å²) in [6.07, 6.45) is 1.47. The van der Waals surface area contributed by atoms with Crippen molar-refractivity contribution in [3.8, 4) is 0 Å². The minimum Gasteiger partial charge on any atom is -0.398 e. The van der Waals surface area contributed by atoms with Crippen molar-refractivity contribution in [1.29, 1.82) is 0 Å². The van der Waals surface area contributed by atoms with E-state index < -0.39 is 5.82 Å². The zero-order valence-corrected chi connectivity index (χ0v) is 11.5. The van der Waals surface area contributed by atoms with E-state index in [-0.39, 0.29) is 12.1 Å². The predicted molar refractivity (Wildman–Crippen MR) is 73.3 cm³/mol. The Balaban J connectivity index is 2.46. The Labute approximate surface area is 116 Å². The molecular formula is C12H9BrClFN2O. The van der Waals surface area contributed by atoms with Gasteiger partial charge in [0.15, 0.2) is 0 Å². The van der Waals surface area contributed by atoms with Crippen molar-refractivity contribution in [3.63, 3.8) is 0 Å². The SMILES string of the molecule is Nc1cc(Br)c(=O)n(Cc2cc(Cl)ccc2F)c1. The van der Waals surface area contributed by atoms with Gasteiger partial charge in [0.25, 0.3) is 5.56 Å². The molecule has 2 N–H and O–H groups in total. The van der Waals surface area contributed by atoms with Gasteiger partial charge in [-0.1, -0.05) is 11.6 Å². The van der Waals surface area contributed by atoms with Gasteiger partial charge < -0.3 is 10.3 Å². The van der Waals surface area contributed by atoms with E-state index in [9.17, 15) is 9.18 Å². The van der Waals surface area contributed by atoms with Crippen LogP contribution in [0.2, 0.25) is 5.02 Å². The Morgan fingerprint density at radius 3 is 2.83 bits per heavy atom. The molecule has 0 radical (unpaired) electrons. The number of rotatable bonds is 2. The first kappa shape index (κ1) is 13.1. The van der Waals surface area contributed by atoms with Crippen molar-refractivity contribution < 1.29 is 4.39 Å². The summed E-state index contributed by atoms with van der Waals surface area (Å²) in [5, 5.41) is 0.419. The molecule has 0 aliphatic heterocycles. The lowest BCUT2D eigenvalue weighted by molar-refractivity contribution is 0.596. The molecule has 18 heavy (non-hydrogen) atoms. The summed E-state index contributed by atoms with van der Waals surface area (Å²) < 4.78 is 15.2. The smallest absolute Gasteiger partial charge is 0.265 e. The van der Waals surface area contributed by atoms with Gasteiger partial charge in [-0.25, -0.2) is 4.39 Å². The molecule has 0 bridgehead atoms. The lowest BCUT2D eigenvalue weighted by Gasteiger charge is -2.09. The number of nitrogens with zero attached hydrogens (tertiary/aromatic N) is 1. The minimum atomic E-state index is -0.412. The molecule has 0 saturated carbocycles. The van der Waals surface area contributed by atoms with Crippen LogP contribution in [0.5, 0.6) is 0 Å². The Kier molecular flexibility index (Phi) is 3.73. The van der Waals surface area contributed by atoms with Gasteiger partial charge in [0, 0.05) is 22.5 Å². The topological polar surface area (TPSA) is 48.0 Å². The van der Waals surface area contributed by atoms with Crippen LogP contribution in [0.1, 0.15) is 5.56 Å². The normalized spacial score (nSPS) is 10.6. The van der Waals surface area contributed by atoms with E-state index in [2.05, 4.69) is 15.9 Å². The molecule has 0 fully saturated rings. The first-order valence-corrected chi connectivity index (χ1v) is 6.24. The molecule has 0 spiro atoms. The van der Waals surface area contributed by atoms with E-state index in [0.717, 1.165) is 0 Å². The zero-order valence-electron chi connectivity index (χ0n) is 9.16. The van der Waals surface area contributed by atoms with Crippen LogP contribution in [0.3, 0.4) is 0 Å². The first-order valence-electron chi connectivity index (χ1n) is 5.07. The number of hydrogen-bond donors (Lipinski definition) is 1. The van der Waals surface area contributed by atoms with E-state index in [1.807, 2.05) is 0 Å². The molecule has 0 aliphatic rings. The maximum Gasteiger partial charge on any atom is 0.265 e. The summed E-state index contributed by atoms with van der Waals surface area (Å²) >= 11 is 8.91. The van der Waals surface area contributed by atoms with E-state index >= 15 is 0 Å². The highest BCUT2D eigenvalue weighted by atomic mass is 79.9. The lowest BCUT2D eigenvalue weighted by Crippen LogP contribution is -2.21. The standard InChI is InChI=1S/C12H9BrClFN2O/c13-10-4-9(16)6-17(12(10)18)5-7-3-8(14)1-2-11(7)15/h1-4,6H,5,16H2. The highest BCUT2D eigenvalue weighted by molar-refractivity contribution is 9.10. The summed E-state index contributed by atoms with van der Waals surface area (Å²) in [6.45, 7) is 0.0782. The number of benzene rings is 1. The maximum absolute atomic E-state index is 13.6. The van der Waals surface area contributed by atoms with Gasteiger partial charge in [-0.2, -0.15) is 0 Å². The van der Waals surface area contributed by atoms with E-state index in [1.165, 1.54) is 35.0 Å². The second kappa shape index (κ2) is 5.12. The van der Waals surface area contributed by atoms with E-state index in [0.29, 0.717) is 20.7 Å². The molecule has 1 aromatic heterocycles. The minimum absolute atomic E-state index is 0.0782. The maximum atomic E-state index is 13.6. The van der Waals surface area contributed by atoms with Crippen LogP contribution < -0.4 is 11.3 Å². The lowest BCUT2D eigenvalue weighted by atomic mass is 10.2. The molecular weight excluding hydrogens is 323 g/mol. The number of hydrogen-bond acceptors (Lipinski definition) is 2. The van der Waals surface area contributed by atoms with Crippen molar-refractivity contribution in [3.05, 3.63) is 61.7 Å². The Bertz CT molecular complexity index is 657. The van der Waals surface area contributed by atoms with Crippen LogP contribution in [-0.4, -0.2) is 4.57 Å². The van der Waals surface area contributed by atoms with Crippen molar-refractivity contribution in [2.75, 3.05) is 5.73 Å². The van der Waals surface area contributed by atoms with Gasteiger partial charge in [0.2, 0.25) is 0 Å². The van der Waals surface area contributed by atoms with Gasteiger partial charge in [-0.05, 0) is 40.2 Å². The fraction of sp³-hybridized carbons (Fsp3) is 0.0833. The fourth-order valence-electron chi connectivity index (χ4n) is 1.59. The third-order valence-corrected chi connectivity index (χ3v) is 3.22. The number of pyridine rings is 1. The highest BCUT2D eigenvalue weighted by Crippen LogP contribution is 2.16. The van der Waals surface area contributed by atoms with Crippen molar-refractivity contribution in [2.45, 2.75) is 6.54 Å². The zero-order chi connectivity index (χ0) is 13.3. The summed E-state index contributed by atoms with van der Waals surface area (Å²) in [7, 11) is 0. The van der Waals surface area contributed by atoms with Crippen LogP contribution in [0.25, 0.3) is 0 Å². The Morgan fingerprint density at radius 2 is 2.11 bits per heavy atom. The molecule has 2 rings (SSSR count). The molecule has 0 atom stereocenters. The van der Waals surface area contributed by atoms with Crippen LogP contribution in [0, 0.1) is 5.82 Å². The van der Waals surface area contributed by atoms with Gasteiger partial charge >= 0.3 is 0 Å². The third kappa shape index (κ3) is 2.73. The molecule has 1 heterocycles. The average molecular weight is 332 g/mol. The summed E-state index contributed by atoms with van der Waals surface area (Å²) in [4.78, 5) is 11.8. The Hall–Kier alpha value is -1.33. The molecule has 3 nitrogen and oxygen atoms in total. The fourth-order valence-corrected chi connectivity index (χ4v) is 2.27. The molecule has 94 valence electrons. The van der Waals surface area contributed by atoms with Gasteiger partial charge in [0.05, 0.1) is 11.0 Å². The molecule has 0 saturated heterocycles. The second-order valence-electron chi connectivity index (χ2n) is 3.79. The predicted octanol–water partition coefficient (Wildman–Crippen LogP) is 3.03. The average Bonchev–Trinajstić information content (AvgIpc) is 2.30. The number of aromatic nitrogens is 1. The van der Waals surface area contributed by atoms with Crippen LogP contribution in [0.4, 0.5) is 10.1 Å². The van der Waals surface area contributed by atoms with E-state index in [1.54, 1.807) is 0 Å². The quantitative estimate of drug-likeness (QED) is 0.919. The number of nitrogens with two attached hydrogens (primary N) is 1. The molecule has 2 aromatic rings. The molecule has 0 amide bonds. The van der Waals surface area contributed by atoms with Crippen LogP contribution in [0.15, 0.2) is 39.7 Å². The van der Waals surface area contributed by atoms with E-state index in [4.69, 9.17) is 17.3 Å². The van der Waals surface area contributed by atoms with Gasteiger partial charge in [-0.15, -0.1) is 0 Å². The first-order chi connectivity index (χ1) is 8.47. The number of anilines is 1. The van der Waals surface area contributed by atoms with Gasteiger partial charge in [0.1, 0.15) is 5.82 Å². The van der Waals surface area contributed by atoms with Gasteiger partial charge in [-0.3, -0.25) is 4.79 Å². The monoisotopic (exact) mass is 330 g/mol. The highest BCUT2D eigenvalue weighted by Gasteiger charge is 2.07. The number of nitrogen functional groups attached to an aromatic ring is 1. The molecule has 1 aromatic carbocycles. The Morgan fingerprint density at radius 1 is 1.39 bits per heavy atom. The molecule has 0 unspecified atom stereocenters. The van der Waals surface area contributed by atoms with Crippen molar-refractivity contribution in [1.82, 2.24) is 4.57 Å². The molecule has 6 heteroatoms. The summed E-state index contributed by atoms with van der Waals surface area (Å²) in [6, 6.07) is 5.72.